The molecule has 0 aromatic heterocycles. The maximum atomic E-state index is 4.15. The summed E-state index contributed by atoms with van der Waals surface area (Å²) in [4.78, 5) is 0. The predicted octanol–water partition coefficient (Wildman–Crippen LogP) is 4.16. The molecule has 0 radical (unpaired) electrons. The molecule has 2 aromatic rings. The lowest BCUT2D eigenvalue weighted by Crippen LogP contribution is -2.38. The van der Waals surface area contributed by atoms with Crippen LogP contribution in [-0.2, 0) is 5.41 Å². The van der Waals surface area contributed by atoms with E-state index < -0.39 is 0 Å². The van der Waals surface area contributed by atoms with Crippen molar-refractivity contribution >= 4 is 0 Å². The van der Waals surface area contributed by atoms with Crippen molar-refractivity contribution in [3.8, 4) is 0 Å². The standard InChI is InChI=1S/C19H23N/c1-16(2)14-19(15-20-3,17-10-6-4-7-11-17)18-12-8-5-9-13-18/h4-13,20H,1,14-15H2,2-3H3. The van der Waals surface area contributed by atoms with Crippen molar-refractivity contribution in [1.29, 1.82) is 0 Å². The Balaban J connectivity index is 2.59. The van der Waals surface area contributed by atoms with Gasteiger partial charge < -0.3 is 5.32 Å². The Bertz CT molecular complexity index is 503. The minimum absolute atomic E-state index is 0.0525. The van der Waals surface area contributed by atoms with Gasteiger partial charge in [-0.3, -0.25) is 0 Å². The minimum Gasteiger partial charge on any atom is -0.319 e. The van der Waals surface area contributed by atoms with E-state index in [9.17, 15) is 0 Å². The Morgan fingerprint density at radius 1 is 0.950 bits per heavy atom. The van der Waals surface area contributed by atoms with Gasteiger partial charge in [0.05, 0.1) is 0 Å². The molecule has 0 saturated carbocycles. The number of rotatable bonds is 6. The molecular formula is C19H23N. The van der Waals surface area contributed by atoms with Gasteiger partial charge in [-0.25, -0.2) is 0 Å². The molecule has 0 saturated heterocycles. The SMILES string of the molecule is C=C(C)CC(CNC)(c1ccccc1)c1ccccc1. The van der Waals surface area contributed by atoms with Crippen LogP contribution >= 0.6 is 0 Å². The first-order chi connectivity index (χ1) is 9.69. The van der Waals surface area contributed by atoms with Crippen LogP contribution in [0.25, 0.3) is 0 Å². The summed E-state index contributed by atoms with van der Waals surface area (Å²) in [5, 5.41) is 3.37. The van der Waals surface area contributed by atoms with Gasteiger partial charge >= 0.3 is 0 Å². The molecule has 0 spiro atoms. The van der Waals surface area contributed by atoms with Crippen LogP contribution in [0, 0.1) is 0 Å². The van der Waals surface area contributed by atoms with Gasteiger partial charge in [-0.05, 0) is 31.5 Å². The van der Waals surface area contributed by atoms with Gasteiger partial charge in [-0.2, -0.15) is 0 Å². The molecule has 0 aliphatic heterocycles. The van der Waals surface area contributed by atoms with E-state index in [1.54, 1.807) is 0 Å². The first-order valence-corrected chi connectivity index (χ1v) is 7.09. The van der Waals surface area contributed by atoms with E-state index in [0.717, 1.165) is 13.0 Å². The fraction of sp³-hybridized carbons (Fsp3) is 0.263. The Morgan fingerprint density at radius 3 is 1.75 bits per heavy atom. The molecule has 0 bridgehead atoms. The highest BCUT2D eigenvalue weighted by Crippen LogP contribution is 2.37. The predicted molar refractivity (Wildman–Crippen MR) is 87.0 cm³/mol. The second kappa shape index (κ2) is 6.53. The van der Waals surface area contributed by atoms with Gasteiger partial charge in [0.25, 0.3) is 0 Å². The molecule has 0 unspecified atom stereocenters. The average molecular weight is 265 g/mol. The number of hydrogen-bond acceptors (Lipinski definition) is 1. The highest BCUT2D eigenvalue weighted by atomic mass is 14.8. The molecular weight excluding hydrogens is 242 g/mol. The summed E-state index contributed by atoms with van der Waals surface area (Å²) in [7, 11) is 2.01. The summed E-state index contributed by atoms with van der Waals surface area (Å²) in [5.74, 6) is 0. The Labute approximate surface area is 122 Å². The van der Waals surface area contributed by atoms with E-state index in [4.69, 9.17) is 0 Å². The maximum absolute atomic E-state index is 4.15. The topological polar surface area (TPSA) is 12.0 Å². The van der Waals surface area contributed by atoms with Crippen LogP contribution < -0.4 is 5.32 Å². The van der Waals surface area contributed by atoms with E-state index in [1.165, 1.54) is 16.7 Å². The lowest BCUT2D eigenvalue weighted by atomic mass is 9.70. The Kier molecular flexibility index (Phi) is 4.75. The van der Waals surface area contributed by atoms with Crippen LogP contribution in [0.3, 0.4) is 0 Å². The van der Waals surface area contributed by atoms with Crippen molar-refractivity contribution in [1.82, 2.24) is 5.32 Å². The molecule has 1 nitrogen and oxygen atoms in total. The number of benzene rings is 2. The van der Waals surface area contributed by atoms with Crippen molar-refractivity contribution in [2.75, 3.05) is 13.6 Å². The minimum atomic E-state index is -0.0525. The molecule has 0 aliphatic carbocycles. The van der Waals surface area contributed by atoms with Gasteiger partial charge in [0, 0.05) is 12.0 Å². The molecule has 0 atom stereocenters. The monoisotopic (exact) mass is 265 g/mol. The zero-order valence-electron chi connectivity index (χ0n) is 12.4. The summed E-state index contributed by atoms with van der Waals surface area (Å²) in [6, 6.07) is 21.4. The van der Waals surface area contributed by atoms with Gasteiger partial charge in [-0.15, -0.1) is 6.58 Å². The first kappa shape index (κ1) is 14.5. The molecule has 20 heavy (non-hydrogen) atoms. The second-order valence-electron chi connectivity index (χ2n) is 5.48. The molecule has 0 heterocycles. The fourth-order valence-corrected chi connectivity index (χ4v) is 2.97. The smallest absolute Gasteiger partial charge is 0.0363 e. The van der Waals surface area contributed by atoms with E-state index in [-0.39, 0.29) is 5.41 Å². The Hall–Kier alpha value is -1.86. The molecule has 1 N–H and O–H groups in total. The fourth-order valence-electron chi connectivity index (χ4n) is 2.97. The molecule has 0 amide bonds. The summed E-state index contributed by atoms with van der Waals surface area (Å²) >= 11 is 0. The molecule has 1 heteroatoms. The van der Waals surface area contributed by atoms with E-state index >= 15 is 0 Å². The molecule has 0 fully saturated rings. The van der Waals surface area contributed by atoms with E-state index in [2.05, 4.69) is 79.5 Å². The van der Waals surface area contributed by atoms with Crippen LogP contribution in [0.2, 0.25) is 0 Å². The number of hydrogen-bond donors (Lipinski definition) is 1. The zero-order chi connectivity index (χ0) is 14.4. The summed E-state index contributed by atoms with van der Waals surface area (Å²) < 4.78 is 0. The molecule has 104 valence electrons. The lowest BCUT2D eigenvalue weighted by Gasteiger charge is -2.35. The van der Waals surface area contributed by atoms with Crippen LogP contribution in [-0.4, -0.2) is 13.6 Å². The Morgan fingerprint density at radius 2 is 1.40 bits per heavy atom. The normalized spacial score (nSPS) is 11.3. The van der Waals surface area contributed by atoms with Crippen LogP contribution in [0.15, 0.2) is 72.8 Å². The van der Waals surface area contributed by atoms with Crippen LogP contribution in [0.1, 0.15) is 24.5 Å². The van der Waals surface area contributed by atoms with E-state index in [1.807, 2.05) is 7.05 Å². The highest BCUT2D eigenvalue weighted by Gasteiger charge is 2.33. The van der Waals surface area contributed by atoms with Crippen LogP contribution in [0.5, 0.6) is 0 Å². The lowest BCUT2D eigenvalue weighted by molar-refractivity contribution is 0.481. The van der Waals surface area contributed by atoms with Crippen molar-refractivity contribution in [2.24, 2.45) is 0 Å². The van der Waals surface area contributed by atoms with Crippen molar-refractivity contribution in [2.45, 2.75) is 18.8 Å². The van der Waals surface area contributed by atoms with Gasteiger partial charge in [0.1, 0.15) is 0 Å². The number of nitrogens with one attached hydrogen (secondary N) is 1. The zero-order valence-corrected chi connectivity index (χ0v) is 12.4. The second-order valence-corrected chi connectivity index (χ2v) is 5.48. The van der Waals surface area contributed by atoms with Crippen LogP contribution in [0.4, 0.5) is 0 Å². The van der Waals surface area contributed by atoms with Gasteiger partial charge in [0.15, 0.2) is 0 Å². The molecule has 2 aromatic carbocycles. The number of likely N-dealkylation sites (N-methyl/N-ethyl adjacent to an activating group) is 1. The van der Waals surface area contributed by atoms with Crippen molar-refractivity contribution in [3.05, 3.63) is 83.9 Å². The quantitative estimate of drug-likeness (QED) is 0.773. The number of allylic oxidation sites excluding steroid dienone is 1. The van der Waals surface area contributed by atoms with Gasteiger partial charge in [0.2, 0.25) is 0 Å². The highest BCUT2D eigenvalue weighted by molar-refractivity contribution is 5.41. The third-order valence-corrected chi connectivity index (χ3v) is 3.73. The molecule has 2 rings (SSSR count). The van der Waals surface area contributed by atoms with E-state index in [0.29, 0.717) is 0 Å². The summed E-state index contributed by atoms with van der Waals surface area (Å²) in [5.41, 5.74) is 3.82. The van der Waals surface area contributed by atoms with Gasteiger partial charge in [-0.1, -0.05) is 66.2 Å². The first-order valence-electron chi connectivity index (χ1n) is 7.09. The summed E-state index contributed by atoms with van der Waals surface area (Å²) in [6.07, 6.45) is 0.946. The average Bonchev–Trinajstić information content (AvgIpc) is 2.48. The maximum Gasteiger partial charge on any atom is 0.0363 e. The third-order valence-electron chi connectivity index (χ3n) is 3.73. The van der Waals surface area contributed by atoms with Crippen molar-refractivity contribution < 1.29 is 0 Å². The third kappa shape index (κ3) is 3.00. The summed E-state index contributed by atoms with van der Waals surface area (Å²) in [6.45, 7) is 7.15. The van der Waals surface area contributed by atoms with Crippen molar-refractivity contribution in [3.63, 3.8) is 0 Å². The largest absolute Gasteiger partial charge is 0.319 e. The molecule has 0 aliphatic rings.